The Morgan fingerprint density at radius 2 is 1.81 bits per heavy atom. The largest absolute Gasteiger partial charge is 0.479 e. The summed E-state index contributed by atoms with van der Waals surface area (Å²) in [6, 6.07) is 7.17. The summed E-state index contributed by atoms with van der Waals surface area (Å²) in [5.74, 6) is -1.15. The summed E-state index contributed by atoms with van der Waals surface area (Å²) in [5, 5.41) is 15.3. The molecule has 0 bridgehead atoms. The molecule has 0 aliphatic rings. The fraction of sp³-hybridized carbons (Fsp3) is 0.350. The fourth-order valence-corrected chi connectivity index (χ4v) is 3.22. The topological polar surface area (TPSA) is 86.4 Å². The Hall–Kier alpha value is -2.93. The lowest BCUT2D eigenvalue weighted by molar-refractivity contribution is -0.161. The van der Waals surface area contributed by atoms with Crippen molar-refractivity contribution in [1.29, 1.82) is 0 Å². The first-order chi connectivity index (χ1) is 12.6. The van der Waals surface area contributed by atoms with Gasteiger partial charge in [-0.1, -0.05) is 18.2 Å². The Labute approximate surface area is 156 Å². The van der Waals surface area contributed by atoms with E-state index < -0.39 is 17.7 Å². The number of ether oxygens (including phenoxy) is 1. The molecule has 0 aliphatic carbocycles. The van der Waals surface area contributed by atoms with Crippen molar-refractivity contribution >= 4 is 16.7 Å². The average molecular weight is 369 g/mol. The van der Waals surface area contributed by atoms with Crippen molar-refractivity contribution in [3.8, 4) is 11.1 Å². The van der Waals surface area contributed by atoms with Crippen molar-refractivity contribution < 1.29 is 14.6 Å². The van der Waals surface area contributed by atoms with Gasteiger partial charge in [0.25, 0.3) is 5.56 Å². The average Bonchev–Trinajstić information content (AvgIpc) is 3.01. The van der Waals surface area contributed by atoms with Gasteiger partial charge in [-0.25, -0.2) is 4.79 Å². The van der Waals surface area contributed by atoms with Crippen LogP contribution >= 0.6 is 0 Å². The molecule has 2 heterocycles. The second kappa shape index (κ2) is 6.66. The zero-order valence-corrected chi connectivity index (χ0v) is 16.1. The van der Waals surface area contributed by atoms with Crippen molar-refractivity contribution in [1.82, 2.24) is 14.3 Å². The Morgan fingerprint density at radius 3 is 2.33 bits per heavy atom. The van der Waals surface area contributed by atoms with Crippen LogP contribution in [0.4, 0.5) is 0 Å². The first-order valence-corrected chi connectivity index (χ1v) is 8.61. The van der Waals surface area contributed by atoms with Gasteiger partial charge in [-0.2, -0.15) is 5.10 Å². The minimum Gasteiger partial charge on any atom is -0.479 e. The third kappa shape index (κ3) is 3.50. The maximum Gasteiger partial charge on any atom is 0.339 e. The van der Waals surface area contributed by atoms with Gasteiger partial charge in [-0.15, -0.1) is 0 Å². The molecule has 3 aromatic rings. The summed E-state index contributed by atoms with van der Waals surface area (Å²) in [7, 11) is 3.36. The molecule has 0 saturated carbocycles. The van der Waals surface area contributed by atoms with Crippen molar-refractivity contribution in [3.05, 3.63) is 52.7 Å². The molecular weight excluding hydrogens is 346 g/mol. The summed E-state index contributed by atoms with van der Waals surface area (Å²) in [4.78, 5) is 25.0. The summed E-state index contributed by atoms with van der Waals surface area (Å²) in [6.45, 7) is 5.35. The Balaban J connectivity index is 2.45. The van der Waals surface area contributed by atoms with E-state index in [2.05, 4.69) is 5.10 Å². The van der Waals surface area contributed by atoms with E-state index in [1.807, 2.05) is 12.1 Å². The predicted octanol–water partition coefficient (Wildman–Crippen LogP) is 2.88. The van der Waals surface area contributed by atoms with Gasteiger partial charge in [0, 0.05) is 36.8 Å². The monoisotopic (exact) mass is 369 g/mol. The van der Waals surface area contributed by atoms with E-state index in [-0.39, 0.29) is 5.56 Å². The number of nitrogens with zero attached hydrogens (tertiary/aromatic N) is 3. The standard InChI is InChI=1S/C20H23N3O4/c1-20(2,3)27-17(19(25)26)16-15(12-10-21-22(4)11-12)13-8-6-7-9-14(13)18(24)23(16)5/h6-11,17H,1-5H3,(H,25,26). The highest BCUT2D eigenvalue weighted by Gasteiger charge is 2.33. The zero-order valence-electron chi connectivity index (χ0n) is 16.1. The number of carboxylic acid groups (broad SMARTS) is 1. The van der Waals surface area contributed by atoms with Crippen LogP contribution in [0.2, 0.25) is 0 Å². The highest BCUT2D eigenvalue weighted by Crippen LogP contribution is 2.36. The first kappa shape index (κ1) is 18.8. The second-order valence-electron chi connectivity index (χ2n) is 7.52. The molecule has 0 amide bonds. The van der Waals surface area contributed by atoms with Crippen molar-refractivity contribution in [2.45, 2.75) is 32.5 Å². The third-order valence-electron chi connectivity index (χ3n) is 4.29. The van der Waals surface area contributed by atoms with Gasteiger partial charge in [-0.3, -0.25) is 9.48 Å². The molecule has 2 aromatic heterocycles. The number of pyridine rings is 1. The Morgan fingerprint density at radius 1 is 1.19 bits per heavy atom. The molecule has 142 valence electrons. The van der Waals surface area contributed by atoms with Crippen molar-refractivity contribution in [2.75, 3.05) is 0 Å². The van der Waals surface area contributed by atoms with Crippen LogP contribution < -0.4 is 5.56 Å². The lowest BCUT2D eigenvalue weighted by atomic mass is 9.96. The zero-order chi connectivity index (χ0) is 19.9. The molecule has 1 aromatic carbocycles. The first-order valence-electron chi connectivity index (χ1n) is 8.61. The predicted molar refractivity (Wildman–Crippen MR) is 103 cm³/mol. The van der Waals surface area contributed by atoms with E-state index in [0.29, 0.717) is 22.0 Å². The summed E-state index contributed by atoms with van der Waals surface area (Å²) in [5.41, 5.74) is 0.684. The minimum atomic E-state index is -1.30. The second-order valence-corrected chi connectivity index (χ2v) is 7.52. The van der Waals surface area contributed by atoms with Gasteiger partial charge >= 0.3 is 5.97 Å². The number of carbonyl (C=O) groups is 1. The number of aliphatic carboxylic acids is 1. The van der Waals surface area contributed by atoms with Gasteiger partial charge in [0.05, 0.1) is 17.5 Å². The molecule has 1 unspecified atom stereocenters. The Kier molecular flexibility index (Phi) is 4.65. The fourth-order valence-electron chi connectivity index (χ4n) is 3.22. The summed E-state index contributed by atoms with van der Waals surface area (Å²) < 4.78 is 8.86. The lowest BCUT2D eigenvalue weighted by Crippen LogP contribution is -2.32. The number of rotatable bonds is 4. The van der Waals surface area contributed by atoms with Gasteiger partial charge < -0.3 is 14.4 Å². The van der Waals surface area contributed by atoms with Crippen LogP contribution in [0, 0.1) is 0 Å². The molecule has 0 spiro atoms. The van der Waals surface area contributed by atoms with E-state index in [4.69, 9.17) is 4.74 Å². The number of fused-ring (bicyclic) bond motifs is 1. The third-order valence-corrected chi connectivity index (χ3v) is 4.29. The number of hydrogen-bond acceptors (Lipinski definition) is 4. The van der Waals surface area contributed by atoms with E-state index in [9.17, 15) is 14.7 Å². The molecule has 0 fully saturated rings. The molecule has 0 radical (unpaired) electrons. The molecule has 0 aliphatic heterocycles. The van der Waals surface area contributed by atoms with E-state index in [1.165, 1.54) is 4.57 Å². The Bertz CT molecular complexity index is 1070. The molecule has 7 nitrogen and oxygen atoms in total. The van der Waals surface area contributed by atoms with E-state index in [0.717, 1.165) is 5.56 Å². The summed E-state index contributed by atoms with van der Waals surface area (Å²) in [6.07, 6.45) is 2.15. The molecule has 27 heavy (non-hydrogen) atoms. The smallest absolute Gasteiger partial charge is 0.339 e. The van der Waals surface area contributed by atoms with Crippen LogP contribution in [0.5, 0.6) is 0 Å². The maximum absolute atomic E-state index is 12.9. The van der Waals surface area contributed by atoms with Crippen LogP contribution in [0.15, 0.2) is 41.5 Å². The van der Waals surface area contributed by atoms with Crippen LogP contribution in [0.3, 0.4) is 0 Å². The minimum absolute atomic E-state index is 0.267. The van der Waals surface area contributed by atoms with Gasteiger partial charge in [0.15, 0.2) is 6.10 Å². The normalized spacial score (nSPS) is 13.1. The molecule has 0 saturated heterocycles. The summed E-state index contributed by atoms with van der Waals surface area (Å²) >= 11 is 0. The SMILES string of the molecule is Cn1cc(-c2c(C(OC(C)(C)C)C(=O)O)n(C)c(=O)c3ccccc23)cn1. The number of hydrogen-bond donors (Lipinski definition) is 1. The number of aryl methyl sites for hydroxylation is 1. The highest BCUT2D eigenvalue weighted by molar-refractivity contribution is 5.98. The van der Waals surface area contributed by atoms with Crippen molar-refractivity contribution in [2.24, 2.45) is 14.1 Å². The number of carboxylic acids is 1. The molecule has 1 atom stereocenters. The van der Waals surface area contributed by atoms with Crippen LogP contribution in [0.1, 0.15) is 32.6 Å². The lowest BCUT2D eigenvalue weighted by Gasteiger charge is -2.28. The quantitative estimate of drug-likeness (QED) is 0.764. The molecular formula is C20H23N3O4. The number of benzene rings is 1. The van der Waals surface area contributed by atoms with Gasteiger partial charge in [0.1, 0.15) is 0 Å². The van der Waals surface area contributed by atoms with Gasteiger partial charge in [0.2, 0.25) is 0 Å². The molecule has 7 heteroatoms. The van der Waals surface area contributed by atoms with Crippen LogP contribution in [0.25, 0.3) is 21.9 Å². The van der Waals surface area contributed by atoms with Crippen molar-refractivity contribution in [3.63, 3.8) is 0 Å². The van der Waals surface area contributed by atoms with Crippen LogP contribution in [-0.4, -0.2) is 31.0 Å². The maximum atomic E-state index is 12.9. The molecule has 3 rings (SSSR count). The van der Waals surface area contributed by atoms with Gasteiger partial charge in [-0.05, 0) is 32.2 Å². The highest BCUT2D eigenvalue weighted by atomic mass is 16.5. The number of aromatic nitrogens is 3. The van der Waals surface area contributed by atoms with E-state index in [1.54, 1.807) is 64.1 Å². The van der Waals surface area contributed by atoms with Crippen LogP contribution in [-0.2, 0) is 23.6 Å². The van der Waals surface area contributed by atoms with E-state index >= 15 is 0 Å². The molecule has 1 N–H and O–H groups in total.